The van der Waals surface area contributed by atoms with Gasteiger partial charge in [-0.2, -0.15) is 10.2 Å². The van der Waals surface area contributed by atoms with Crippen LogP contribution >= 0.6 is 24.4 Å². The predicted molar refractivity (Wildman–Crippen MR) is 116 cm³/mol. The molecule has 6 nitrogen and oxygen atoms in total. The minimum atomic E-state index is 0.113. The molecule has 8 heteroatoms. The Morgan fingerprint density at radius 3 is 1.27 bits per heavy atom. The molecule has 3 aromatic rings. The second-order valence-electron chi connectivity index (χ2n) is 5.39. The van der Waals surface area contributed by atoms with E-state index >= 15 is 0 Å². The Kier molecular flexibility index (Phi) is 5.35. The average molecular weight is 381 g/mol. The van der Waals surface area contributed by atoms with Gasteiger partial charge in [-0.05, 0) is 46.0 Å². The molecule has 0 bridgehead atoms. The second-order valence-corrected chi connectivity index (χ2v) is 6.27. The van der Waals surface area contributed by atoms with E-state index in [9.17, 15) is 0 Å². The minimum absolute atomic E-state index is 0.113. The fourth-order valence-electron chi connectivity index (χ4n) is 2.79. The van der Waals surface area contributed by atoms with Crippen LogP contribution in [0, 0.1) is 0 Å². The molecular formula is C18H16N6S2. The lowest BCUT2D eigenvalue weighted by Gasteiger charge is -2.12. The highest BCUT2D eigenvalue weighted by molar-refractivity contribution is 7.80. The molecule has 0 fully saturated rings. The molecule has 0 amide bonds. The summed E-state index contributed by atoms with van der Waals surface area (Å²) in [6.07, 6.45) is 3.44. The van der Waals surface area contributed by atoms with Gasteiger partial charge in [0.2, 0.25) is 0 Å². The molecule has 0 radical (unpaired) electrons. The Hall–Kier alpha value is -3.10. The molecule has 0 atom stereocenters. The molecule has 0 unspecified atom stereocenters. The van der Waals surface area contributed by atoms with Gasteiger partial charge in [-0.3, -0.25) is 10.9 Å². The second kappa shape index (κ2) is 7.85. The molecule has 0 saturated carbocycles. The molecule has 0 aromatic heterocycles. The molecule has 0 heterocycles. The Morgan fingerprint density at radius 2 is 1.00 bits per heavy atom. The Labute approximate surface area is 160 Å². The van der Waals surface area contributed by atoms with Crippen molar-refractivity contribution in [3.63, 3.8) is 0 Å². The smallest absolute Gasteiger partial charge is 0.184 e. The summed E-state index contributed by atoms with van der Waals surface area (Å²) in [6, 6.07) is 16.0. The molecule has 26 heavy (non-hydrogen) atoms. The van der Waals surface area contributed by atoms with Gasteiger partial charge in [0.05, 0.1) is 12.4 Å². The van der Waals surface area contributed by atoms with E-state index in [0.717, 1.165) is 32.7 Å². The Balaban J connectivity index is 2.28. The van der Waals surface area contributed by atoms with Crippen LogP contribution in [0.5, 0.6) is 0 Å². The fourth-order valence-corrected chi connectivity index (χ4v) is 2.90. The Morgan fingerprint density at radius 1 is 0.692 bits per heavy atom. The fraction of sp³-hybridized carbons (Fsp3) is 0. The highest BCUT2D eigenvalue weighted by Crippen LogP contribution is 2.31. The first-order chi connectivity index (χ1) is 12.6. The van der Waals surface area contributed by atoms with E-state index in [1.807, 2.05) is 48.5 Å². The lowest BCUT2D eigenvalue weighted by atomic mass is 9.92. The summed E-state index contributed by atoms with van der Waals surface area (Å²) >= 11 is 9.60. The summed E-state index contributed by atoms with van der Waals surface area (Å²) in [6.45, 7) is 0. The van der Waals surface area contributed by atoms with Gasteiger partial charge >= 0.3 is 0 Å². The number of hydrogen-bond acceptors (Lipinski definition) is 4. The normalized spacial score (nSPS) is 11.4. The molecule has 0 aliphatic rings. The number of rotatable bonds is 4. The van der Waals surface area contributed by atoms with Crippen molar-refractivity contribution in [2.45, 2.75) is 0 Å². The average Bonchev–Trinajstić information content (AvgIpc) is 2.62. The van der Waals surface area contributed by atoms with Gasteiger partial charge in [0, 0.05) is 11.1 Å². The maximum Gasteiger partial charge on any atom is 0.184 e. The van der Waals surface area contributed by atoms with Crippen molar-refractivity contribution < 1.29 is 0 Å². The number of nitrogens with two attached hydrogens (primary N) is 2. The summed E-state index contributed by atoms with van der Waals surface area (Å²) in [4.78, 5) is 0. The van der Waals surface area contributed by atoms with E-state index in [1.165, 1.54) is 0 Å². The number of thiocarbonyl (C=S) groups is 2. The van der Waals surface area contributed by atoms with Crippen LogP contribution in [0.3, 0.4) is 0 Å². The van der Waals surface area contributed by atoms with Crippen molar-refractivity contribution in [2.24, 2.45) is 21.7 Å². The molecule has 0 spiro atoms. The summed E-state index contributed by atoms with van der Waals surface area (Å²) in [5.74, 6) is 0. The van der Waals surface area contributed by atoms with Gasteiger partial charge in [0.25, 0.3) is 0 Å². The van der Waals surface area contributed by atoms with Crippen LogP contribution in [0.2, 0.25) is 0 Å². The van der Waals surface area contributed by atoms with Gasteiger partial charge in [0.1, 0.15) is 0 Å². The standard InChI is InChI=1S/C18H16N6S2/c19-17(25)23-21-9-15-11-5-1-2-6-12(11)16(10-22-24-18(20)26)14-8-4-3-7-13(14)15/h1-10H,(H3,19,23,25)(H3,20,24,26)/b21-9-,22-10-. The molecule has 3 rings (SSSR count). The summed E-state index contributed by atoms with van der Waals surface area (Å²) in [5.41, 5.74) is 18.0. The van der Waals surface area contributed by atoms with Crippen LogP contribution in [0.15, 0.2) is 58.7 Å². The molecular weight excluding hydrogens is 364 g/mol. The van der Waals surface area contributed by atoms with Gasteiger partial charge in [0.15, 0.2) is 10.2 Å². The van der Waals surface area contributed by atoms with E-state index in [2.05, 4.69) is 21.1 Å². The van der Waals surface area contributed by atoms with Crippen molar-refractivity contribution in [1.82, 2.24) is 10.9 Å². The minimum Gasteiger partial charge on any atom is -0.375 e. The van der Waals surface area contributed by atoms with Gasteiger partial charge < -0.3 is 11.5 Å². The zero-order valence-corrected chi connectivity index (χ0v) is 15.3. The quantitative estimate of drug-likeness (QED) is 0.240. The highest BCUT2D eigenvalue weighted by atomic mass is 32.1. The topological polar surface area (TPSA) is 101 Å². The SMILES string of the molecule is NC(=S)N/N=C\c1c2ccccc2c(/C=N\NC(N)=S)c2ccccc12. The number of hydrogen-bond donors (Lipinski definition) is 4. The van der Waals surface area contributed by atoms with Crippen LogP contribution in [0.4, 0.5) is 0 Å². The monoisotopic (exact) mass is 380 g/mol. The maximum absolute atomic E-state index is 5.45. The van der Waals surface area contributed by atoms with Crippen LogP contribution in [0.25, 0.3) is 21.5 Å². The first-order valence-electron chi connectivity index (χ1n) is 7.68. The molecule has 0 aliphatic carbocycles. The van der Waals surface area contributed by atoms with Crippen molar-refractivity contribution in [3.05, 3.63) is 59.7 Å². The van der Waals surface area contributed by atoms with Gasteiger partial charge in [-0.1, -0.05) is 48.5 Å². The van der Waals surface area contributed by atoms with Crippen LogP contribution in [0.1, 0.15) is 11.1 Å². The van der Waals surface area contributed by atoms with Crippen molar-refractivity contribution in [2.75, 3.05) is 0 Å². The zero-order chi connectivity index (χ0) is 18.5. The zero-order valence-electron chi connectivity index (χ0n) is 13.6. The predicted octanol–water partition coefficient (Wildman–Crippen LogP) is 2.33. The molecule has 130 valence electrons. The van der Waals surface area contributed by atoms with E-state index in [0.29, 0.717) is 0 Å². The van der Waals surface area contributed by atoms with Crippen LogP contribution in [-0.2, 0) is 0 Å². The first kappa shape index (κ1) is 17.7. The molecule has 6 N–H and O–H groups in total. The van der Waals surface area contributed by atoms with E-state index in [1.54, 1.807) is 12.4 Å². The molecule has 0 aliphatic heterocycles. The number of nitrogens with zero attached hydrogens (tertiary/aromatic N) is 2. The van der Waals surface area contributed by atoms with E-state index in [-0.39, 0.29) is 10.2 Å². The van der Waals surface area contributed by atoms with Crippen LogP contribution < -0.4 is 22.3 Å². The number of nitrogens with one attached hydrogen (secondary N) is 2. The summed E-state index contributed by atoms with van der Waals surface area (Å²) in [5, 5.41) is 12.6. The lowest BCUT2D eigenvalue weighted by molar-refractivity contribution is 1.04. The van der Waals surface area contributed by atoms with Gasteiger partial charge in [-0.15, -0.1) is 0 Å². The maximum atomic E-state index is 5.45. The van der Waals surface area contributed by atoms with E-state index in [4.69, 9.17) is 35.9 Å². The third-order valence-corrected chi connectivity index (χ3v) is 3.93. The third-order valence-electron chi connectivity index (χ3n) is 3.75. The molecule has 0 saturated heterocycles. The van der Waals surface area contributed by atoms with Crippen molar-refractivity contribution in [1.29, 1.82) is 0 Å². The largest absolute Gasteiger partial charge is 0.375 e. The number of benzene rings is 3. The Bertz CT molecular complexity index is 917. The molecule has 3 aromatic carbocycles. The van der Waals surface area contributed by atoms with Gasteiger partial charge in [-0.25, -0.2) is 0 Å². The first-order valence-corrected chi connectivity index (χ1v) is 8.50. The van der Waals surface area contributed by atoms with E-state index < -0.39 is 0 Å². The lowest BCUT2D eigenvalue weighted by Crippen LogP contribution is -2.24. The highest BCUT2D eigenvalue weighted by Gasteiger charge is 2.11. The summed E-state index contributed by atoms with van der Waals surface area (Å²) in [7, 11) is 0. The summed E-state index contributed by atoms with van der Waals surface area (Å²) < 4.78 is 0. The van der Waals surface area contributed by atoms with Crippen molar-refractivity contribution >= 4 is 68.6 Å². The number of fused-ring (bicyclic) bond motifs is 2. The third kappa shape index (κ3) is 3.76. The number of hydrazone groups is 2. The van der Waals surface area contributed by atoms with Crippen molar-refractivity contribution in [3.8, 4) is 0 Å². The van der Waals surface area contributed by atoms with Crippen LogP contribution in [-0.4, -0.2) is 22.7 Å².